The molecule has 3 aromatic heterocycles. The lowest BCUT2D eigenvalue weighted by Crippen LogP contribution is -2.74. The number of aliphatic carboxylic acids is 1. The predicted octanol–water partition coefficient (Wildman–Crippen LogP) is 2.40. The number of nitrogens with zero attached hydrogens (tertiary/aromatic N) is 3. The van der Waals surface area contributed by atoms with Crippen molar-refractivity contribution in [2.75, 3.05) is 30.3 Å². The average molecular weight is 693 g/mol. The first kappa shape index (κ1) is 30.4. The summed E-state index contributed by atoms with van der Waals surface area (Å²) < 4.78 is 0.644. The number of rotatable bonds is 10. The predicted molar refractivity (Wildman–Crippen MR) is 167 cm³/mol. The molecule has 2 aliphatic rings. The molecule has 2 unspecified atom stereocenters. The van der Waals surface area contributed by atoms with Gasteiger partial charge in [-0.1, -0.05) is 39.9 Å². The number of carboxylic acids is 1. The molecule has 0 aliphatic carbocycles. The molecule has 2 fully saturated rings. The molecule has 3 atom stereocenters. The van der Waals surface area contributed by atoms with Crippen molar-refractivity contribution in [3.8, 4) is 0 Å². The number of amides is 2. The van der Waals surface area contributed by atoms with Crippen molar-refractivity contribution in [3.05, 3.63) is 37.3 Å². The first-order valence-electron chi connectivity index (χ1n) is 11.7. The number of thiazole rings is 1. The zero-order chi connectivity index (χ0) is 29.5. The maximum absolute atomic E-state index is 13.3. The van der Waals surface area contributed by atoms with E-state index in [2.05, 4.69) is 15.5 Å². The molecule has 0 aromatic carbocycles. The highest BCUT2D eigenvalue weighted by atomic mass is 35.5. The van der Waals surface area contributed by atoms with Crippen LogP contribution in [-0.2, 0) is 20.1 Å². The van der Waals surface area contributed by atoms with E-state index in [1.54, 1.807) is 0 Å². The quantitative estimate of drug-likeness (QED) is 0.0684. The van der Waals surface area contributed by atoms with Crippen LogP contribution in [0.15, 0.2) is 25.6 Å². The van der Waals surface area contributed by atoms with Gasteiger partial charge in [0.25, 0.3) is 5.91 Å². The first-order chi connectivity index (χ1) is 19.6. The van der Waals surface area contributed by atoms with Crippen LogP contribution in [0.2, 0.25) is 4.34 Å². The van der Waals surface area contributed by atoms with E-state index in [1.165, 1.54) is 51.1 Å². The topological polar surface area (TPSA) is 201 Å². The number of carbonyl (C=O) groups excluding carboxylic acids is 2. The SMILES string of the molecule is NCCSCc1c(SC2(C(=O)O)CS[C@@H]3C(NC(=O)C(=NO)c4nc(N)sc4Cl)C(=O)N3C2)sc2ccsc2c1=O. The molecule has 5 rings (SSSR count). The number of fused-ring (bicyclic) bond motifs is 2. The molecule has 5 heterocycles. The lowest BCUT2D eigenvalue weighted by atomic mass is 10.0. The van der Waals surface area contributed by atoms with Crippen molar-refractivity contribution in [2.24, 2.45) is 10.9 Å². The highest BCUT2D eigenvalue weighted by Crippen LogP contribution is 2.49. The number of nitrogens with one attached hydrogen (secondary N) is 1. The summed E-state index contributed by atoms with van der Waals surface area (Å²) in [6.45, 7) is 0.331. The number of hydrogen-bond acceptors (Lipinski definition) is 15. The Balaban J connectivity index is 1.35. The van der Waals surface area contributed by atoms with Crippen LogP contribution in [0.3, 0.4) is 0 Å². The number of halogens is 1. The molecule has 2 aliphatic heterocycles. The van der Waals surface area contributed by atoms with E-state index in [0.717, 1.165) is 27.8 Å². The Kier molecular flexibility index (Phi) is 9.10. The maximum atomic E-state index is 13.3. The van der Waals surface area contributed by atoms with Gasteiger partial charge in [-0.2, -0.15) is 11.8 Å². The molecule has 12 nitrogen and oxygen atoms in total. The number of β-lactam (4-membered cyclic amide) rings is 1. The summed E-state index contributed by atoms with van der Waals surface area (Å²) in [7, 11) is 0. The van der Waals surface area contributed by atoms with Gasteiger partial charge in [-0.25, -0.2) is 4.98 Å². The van der Waals surface area contributed by atoms with Crippen LogP contribution in [-0.4, -0.2) is 84.5 Å². The second-order valence-electron chi connectivity index (χ2n) is 8.80. The molecule has 2 saturated heterocycles. The molecule has 0 radical (unpaired) electrons. The van der Waals surface area contributed by atoms with E-state index < -0.39 is 39.7 Å². The van der Waals surface area contributed by atoms with Crippen molar-refractivity contribution < 1.29 is 24.7 Å². The largest absolute Gasteiger partial charge is 0.480 e. The molecule has 0 saturated carbocycles. The molecule has 0 spiro atoms. The van der Waals surface area contributed by atoms with E-state index >= 15 is 0 Å². The van der Waals surface area contributed by atoms with E-state index in [-0.39, 0.29) is 32.9 Å². The number of anilines is 1. The number of nitrogen functional groups attached to an aromatic ring is 1. The molecular weight excluding hydrogens is 672 g/mol. The Morgan fingerprint density at radius 1 is 1.34 bits per heavy atom. The zero-order valence-electron chi connectivity index (χ0n) is 20.7. The second kappa shape index (κ2) is 12.3. The van der Waals surface area contributed by atoms with Crippen LogP contribution in [0.1, 0.15) is 11.3 Å². The molecule has 3 aromatic rings. The molecule has 0 bridgehead atoms. The van der Waals surface area contributed by atoms with E-state index in [1.807, 2.05) is 11.4 Å². The van der Waals surface area contributed by atoms with Crippen LogP contribution in [0.4, 0.5) is 5.13 Å². The van der Waals surface area contributed by atoms with Crippen molar-refractivity contribution in [1.82, 2.24) is 15.2 Å². The van der Waals surface area contributed by atoms with Gasteiger partial charge in [0.15, 0.2) is 10.8 Å². The minimum Gasteiger partial charge on any atom is -0.480 e. The summed E-state index contributed by atoms with van der Waals surface area (Å²) in [5.74, 6) is -1.31. The normalized spacial score (nSPS) is 22.4. The smallest absolute Gasteiger partial charge is 0.322 e. The van der Waals surface area contributed by atoms with Gasteiger partial charge in [0.1, 0.15) is 26.2 Å². The lowest BCUT2D eigenvalue weighted by molar-refractivity contribution is -0.151. The highest BCUT2D eigenvalue weighted by molar-refractivity contribution is 8.06. The number of hydrogen-bond donors (Lipinski definition) is 5. The monoisotopic (exact) mass is 692 g/mol. The van der Waals surface area contributed by atoms with Crippen LogP contribution < -0.4 is 22.2 Å². The minimum atomic E-state index is -1.42. The number of carboxylic acid groups (broad SMARTS) is 1. The van der Waals surface area contributed by atoms with Crippen molar-refractivity contribution in [2.45, 2.75) is 26.1 Å². The van der Waals surface area contributed by atoms with Crippen LogP contribution in [0, 0.1) is 0 Å². The van der Waals surface area contributed by atoms with E-state index in [4.69, 9.17) is 23.1 Å². The molecular formula is C22H21ClN6O6S6. The minimum absolute atomic E-state index is 0.0473. The summed E-state index contributed by atoms with van der Waals surface area (Å²) in [5.41, 5.74) is 11.1. The molecule has 218 valence electrons. The van der Waals surface area contributed by atoms with Gasteiger partial charge < -0.3 is 32.0 Å². The molecule has 7 N–H and O–H groups in total. The van der Waals surface area contributed by atoms with Crippen LogP contribution in [0.25, 0.3) is 9.40 Å². The third-order valence-electron chi connectivity index (χ3n) is 6.23. The van der Waals surface area contributed by atoms with Gasteiger partial charge in [0, 0.05) is 35.9 Å². The van der Waals surface area contributed by atoms with Crippen LogP contribution in [0.5, 0.6) is 0 Å². The summed E-state index contributed by atoms with van der Waals surface area (Å²) in [6, 6.07) is 0.868. The van der Waals surface area contributed by atoms with Gasteiger partial charge in [-0.15, -0.1) is 34.4 Å². The number of aromatic nitrogens is 1. The summed E-state index contributed by atoms with van der Waals surface area (Å²) in [4.78, 5) is 57.3. The lowest BCUT2D eigenvalue weighted by Gasteiger charge is -2.53. The molecule has 2 amide bonds. The summed E-state index contributed by atoms with van der Waals surface area (Å²) >= 11 is 13.5. The van der Waals surface area contributed by atoms with Crippen molar-refractivity contribution in [3.63, 3.8) is 0 Å². The number of thiophene rings is 1. The number of carbonyl (C=O) groups is 3. The first-order valence-corrected chi connectivity index (χ1v) is 17.6. The van der Waals surface area contributed by atoms with Crippen LogP contribution >= 0.6 is 80.9 Å². The average Bonchev–Trinajstić information content (AvgIpc) is 3.55. The van der Waals surface area contributed by atoms with Gasteiger partial charge in [-0.05, 0) is 11.4 Å². The van der Waals surface area contributed by atoms with Gasteiger partial charge in [-0.3, -0.25) is 19.2 Å². The van der Waals surface area contributed by atoms with Gasteiger partial charge in [0.2, 0.25) is 11.3 Å². The highest BCUT2D eigenvalue weighted by Gasteiger charge is 2.58. The van der Waals surface area contributed by atoms with E-state index in [9.17, 15) is 29.5 Å². The fraction of sp³-hybridized carbons (Fsp3) is 0.364. The van der Waals surface area contributed by atoms with Crippen molar-refractivity contribution >= 4 is 119 Å². The molecule has 41 heavy (non-hydrogen) atoms. The Morgan fingerprint density at radius 2 is 2.12 bits per heavy atom. The Bertz CT molecular complexity index is 1630. The Labute approximate surface area is 261 Å². The van der Waals surface area contributed by atoms with Gasteiger partial charge in [0.05, 0.1) is 13.6 Å². The zero-order valence-corrected chi connectivity index (χ0v) is 26.4. The number of thioether (sulfide) groups is 3. The summed E-state index contributed by atoms with van der Waals surface area (Å²) in [6.07, 6.45) is 0. The second-order valence-corrected chi connectivity index (χ2v) is 16.3. The Hall–Kier alpha value is -2.06. The standard InChI is InChI=1S/C22H21ClN6O6S6/c23-15-10(27-21(25)40-15)11(28-35)16(31)26-12-17(32)29-6-22(20(33)34,7-38-18(12)29)41-19-8(5-36-4-2-24)13(30)14-9(39-19)1-3-37-14/h1,3,12,18,35H,2,4-7,24H2,(H2,25,27)(H,26,31)(H,33,34)/t12?,18-,22?/m1/s1. The maximum Gasteiger partial charge on any atom is 0.322 e. The number of nitrogens with two attached hydrogens (primary N) is 2. The third kappa shape index (κ3) is 5.67. The number of oxime groups is 1. The third-order valence-corrected chi connectivity index (χ3v) is 13.8. The summed E-state index contributed by atoms with van der Waals surface area (Å²) in [5, 5.41) is 26.7. The molecule has 19 heteroatoms. The Morgan fingerprint density at radius 3 is 2.78 bits per heavy atom. The van der Waals surface area contributed by atoms with Gasteiger partial charge >= 0.3 is 5.97 Å². The van der Waals surface area contributed by atoms with Crippen molar-refractivity contribution in [1.29, 1.82) is 0 Å². The fourth-order valence-corrected chi connectivity index (χ4v) is 11.7. The van der Waals surface area contributed by atoms with E-state index in [0.29, 0.717) is 32.5 Å². The fourth-order valence-electron chi connectivity index (χ4n) is 4.24.